The van der Waals surface area contributed by atoms with E-state index in [0.717, 1.165) is 6.42 Å². The Balaban J connectivity index is 2.21. The third-order valence-electron chi connectivity index (χ3n) is 2.89. The molecule has 4 heteroatoms. The highest BCUT2D eigenvalue weighted by Gasteiger charge is 2.55. The monoisotopic (exact) mass is 284 g/mol. The number of hydrogen-bond donors (Lipinski definition) is 2. The quantitative estimate of drug-likeness (QED) is 0.649. The van der Waals surface area contributed by atoms with Crippen LogP contribution in [0.2, 0.25) is 0 Å². The van der Waals surface area contributed by atoms with E-state index in [4.69, 9.17) is 0 Å². The standard InChI is InChI=1S/C7H10Br2O2/c8-4-2-1-3(5(4)9)7(11)6(2)10/h2-7,10-11H,1H2/t2-,3+,4+,5-,6+,7-. The van der Waals surface area contributed by atoms with Crippen molar-refractivity contribution < 1.29 is 10.2 Å². The molecular weight excluding hydrogens is 276 g/mol. The lowest BCUT2D eigenvalue weighted by molar-refractivity contribution is -0.0110. The highest BCUT2D eigenvalue weighted by Crippen LogP contribution is 2.51. The first-order valence-electron chi connectivity index (χ1n) is 3.77. The van der Waals surface area contributed by atoms with Crippen LogP contribution in [-0.4, -0.2) is 32.1 Å². The summed E-state index contributed by atoms with van der Waals surface area (Å²) < 4.78 is 0. The van der Waals surface area contributed by atoms with Crippen LogP contribution in [0.15, 0.2) is 0 Å². The highest BCUT2D eigenvalue weighted by atomic mass is 79.9. The van der Waals surface area contributed by atoms with Crippen molar-refractivity contribution in [3.05, 3.63) is 0 Å². The first-order valence-corrected chi connectivity index (χ1v) is 5.60. The summed E-state index contributed by atoms with van der Waals surface area (Å²) in [6.45, 7) is 0. The van der Waals surface area contributed by atoms with E-state index in [9.17, 15) is 10.2 Å². The molecule has 64 valence electrons. The van der Waals surface area contributed by atoms with Gasteiger partial charge in [-0.25, -0.2) is 0 Å². The lowest BCUT2D eigenvalue weighted by Gasteiger charge is -2.30. The van der Waals surface area contributed by atoms with E-state index in [1.54, 1.807) is 0 Å². The molecule has 6 atom stereocenters. The second kappa shape index (κ2) is 2.69. The first-order chi connectivity index (χ1) is 5.13. The van der Waals surface area contributed by atoms with Gasteiger partial charge in [0, 0.05) is 21.5 Å². The smallest absolute Gasteiger partial charge is 0.0841 e. The lowest BCUT2D eigenvalue weighted by Crippen LogP contribution is -2.42. The maximum absolute atomic E-state index is 9.48. The fourth-order valence-corrected chi connectivity index (χ4v) is 4.05. The van der Waals surface area contributed by atoms with Crippen LogP contribution in [0.25, 0.3) is 0 Å². The molecule has 2 N–H and O–H groups in total. The first kappa shape index (κ1) is 8.48. The maximum Gasteiger partial charge on any atom is 0.0841 e. The summed E-state index contributed by atoms with van der Waals surface area (Å²) in [5.74, 6) is 0.471. The summed E-state index contributed by atoms with van der Waals surface area (Å²) >= 11 is 7.02. The lowest BCUT2D eigenvalue weighted by atomic mass is 9.95. The van der Waals surface area contributed by atoms with Gasteiger partial charge in [-0.1, -0.05) is 31.9 Å². The van der Waals surface area contributed by atoms with Crippen molar-refractivity contribution in [2.45, 2.75) is 28.3 Å². The van der Waals surface area contributed by atoms with Crippen molar-refractivity contribution in [1.82, 2.24) is 0 Å². The Bertz CT molecular complexity index is 142. The third-order valence-corrected chi connectivity index (χ3v) is 6.10. The Kier molecular flexibility index (Phi) is 2.07. The molecule has 0 saturated heterocycles. The molecule has 0 radical (unpaired) electrons. The molecule has 0 aliphatic heterocycles. The van der Waals surface area contributed by atoms with E-state index >= 15 is 0 Å². The van der Waals surface area contributed by atoms with Gasteiger partial charge in [-0.15, -0.1) is 0 Å². The topological polar surface area (TPSA) is 40.5 Å². The molecule has 0 aromatic carbocycles. The molecule has 2 aliphatic carbocycles. The zero-order chi connectivity index (χ0) is 8.17. The number of halogens is 2. The fourth-order valence-electron chi connectivity index (χ4n) is 2.21. The maximum atomic E-state index is 9.48. The van der Waals surface area contributed by atoms with Crippen molar-refractivity contribution in [2.24, 2.45) is 11.8 Å². The van der Waals surface area contributed by atoms with Crippen molar-refractivity contribution in [3.8, 4) is 0 Å². The SMILES string of the molecule is O[C@@H]1[C@H](O)[C@H]2C[C@@H]1[C@H](Br)[C@@H]2Br. The molecule has 2 fully saturated rings. The van der Waals surface area contributed by atoms with Gasteiger partial charge in [0.05, 0.1) is 12.2 Å². The Labute approximate surface area is 82.2 Å². The van der Waals surface area contributed by atoms with Gasteiger partial charge in [0.15, 0.2) is 0 Å². The van der Waals surface area contributed by atoms with Crippen LogP contribution < -0.4 is 0 Å². The van der Waals surface area contributed by atoms with E-state index in [1.165, 1.54) is 0 Å². The summed E-state index contributed by atoms with van der Waals surface area (Å²) in [5, 5.41) is 19.0. The van der Waals surface area contributed by atoms with Gasteiger partial charge >= 0.3 is 0 Å². The molecule has 0 unspecified atom stereocenters. The minimum atomic E-state index is -0.516. The average Bonchev–Trinajstić information content (AvgIpc) is 2.40. The number of hydrogen-bond acceptors (Lipinski definition) is 2. The van der Waals surface area contributed by atoms with Gasteiger partial charge in [0.1, 0.15) is 0 Å². The predicted octanol–water partition coefficient (Wildman–Crippen LogP) is 0.885. The summed E-state index contributed by atoms with van der Waals surface area (Å²) in [7, 11) is 0. The van der Waals surface area contributed by atoms with Crippen LogP contribution in [0.4, 0.5) is 0 Å². The Morgan fingerprint density at radius 2 is 1.27 bits per heavy atom. The zero-order valence-electron chi connectivity index (χ0n) is 5.82. The van der Waals surface area contributed by atoms with Gasteiger partial charge in [0.2, 0.25) is 0 Å². The van der Waals surface area contributed by atoms with E-state index in [2.05, 4.69) is 31.9 Å². The predicted molar refractivity (Wildman–Crippen MR) is 49.0 cm³/mol. The molecule has 0 heterocycles. The van der Waals surface area contributed by atoms with E-state index in [0.29, 0.717) is 9.65 Å². The molecule has 2 aliphatic rings. The van der Waals surface area contributed by atoms with Crippen LogP contribution in [0.1, 0.15) is 6.42 Å². The largest absolute Gasteiger partial charge is 0.390 e. The fraction of sp³-hybridized carbons (Fsp3) is 1.00. The summed E-state index contributed by atoms with van der Waals surface area (Å²) in [6, 6.07) is 0. The van der Waals surface area contributed by atoms with Gasteiger partial charge in [-0.05, 0) is 6.42 Å². The molecule has 2 rings (SSSR count). The number of aliphatic hydroxyl groups is 2. The molecule has 2 saturated carbocycles. The molecule has 0 amide bonds. The number of aliphatic hydroxyl groups excluding tert-OH is 2. The Hall–Kier alpha value is 0.880. The van der Waals surface area contributed by atoms with Crippen LogP contribution in [0.5, 0.6) is 0 Å². The second-order valence-corrected chi connectivity index (χ2v) is 5.55. The van der Waals surface area contributed by atoms with Gasteiger partial charge in [-0.2, -0.15) is 0 Å². The average molecular weight is 286 g/mol. The molecule has 2 nitrogen and oxygen atoms in total. The minimum absolute atomic E-state index is 0.236. The Morgan fingerprint density at radius 1 is 0.909 bits per heavy atom. The van der Waals surface area contributed by atoms with Crippen LogP contribution in [0.3, 0.4) is 0 Å². The number of fused-ring (bicyclic) bond motifs is 2. The van der Waals surface area contributed by atoms with Crippen molar-refractivity contribution in [2.75, 3.05) is 0 Å². The third kappa shape index (κ3) is 1.03. The highest BCUT2D eigenvalue weighted by molar-refractivity contribution is 9.12. The minimum Gasteiger partial charge on any atom is -0.390 e. The molecule has 0 spiro atoms. The van der Waals surface area contributed by atoms with Crippen molar-refractivity contribution >= 4 is 31.9 Å². The summed E-state index contributed by atoms with van der Waals surface area (Å²) in [6.07, 6.45) is -0.0925. The van der Waals surface area contributed by atoms with Gasteiger partial charge in [-0.3, -0.25) is 0 Å². The second-order valence-electron chi connectivity index (χ2n) is 3.43. The van der Waals surface area contributed by atoms with Gasteiger partial charge < -0.3 is 10.2 Å². The number of alkyl halides is 2. The normalized spacial score (nSPS) is 62.2. The number of rotatable bonds is 0. The zero-order valence-corrected chi connectivity index (χ0v) is 8.99. The van der Waals surface area contributed by atoms with Crippen molar-refractivity contribution in [3.63, 3.8) is 0 Å². The molecular formula is C7H10Br2O2. The van der Waals surface area contributed by atoms with E-state index in [1.807, 2.05) is 0 Å². The van der Waals surface area contributed by atoms with E-state index < -0.39 is 12.2 Å². The molecule has 0 aromatic heterocycles. The van der Waals surface area contributed by atoms with Crippen molar-refractivity contribution in [1.29, 1.82) is 0 Å². The summed E-state index contributed by atoms with van der Waals surface area (Å²) in [5.41, 5.74) is 0. The van der Waals surface area contributed by atoms with E-state index in [-0.39, 0.29) is 11.8 Å². The Morgan fingerprint density at radius 3 is 1.55 bits per heavy atom. The summed E-state index contributed by atoms with van der Waals surface area (Å²) in [4.78, 5) is 0.650. The molecule has 11 heavy (non-hydrogen) atoms. The van der Waals surface area contributed by atoms with Gasteiger partial charge in [0.25, 0.3) is 0 Å². The molecule has 2 bridgehead atoms. The van der Waals surface area contributed by atoms with Crippen LogP contribution >= 0.6 is 31.9 Å². The van der Waals surface area contributed by atoms with Crippen LogP contribution in [0, 0.1) is 11.8 Å². The van der Waals surface area contributed by atoms with Crippen LogP contribution in [-0.2, 0) is 0 Å². The molecule has 0 aromatic rings.